The molecule has 2 atom stereocenters. The summed E-state index contributed by atoms with van der Waals surface area (Å²) >= 11 is 0. The third-order valence-corrected chi connectivity index (χ3v) is 4.32. The molecule has 1 N–H and O–H groups in total. The van der Waals surface area contributed by atoms with E-state index in [2.05, 4.69) is 41.5 Å². The van der Waals surface area contributed by atoms with Gasteiger partial charge in [-0.2, -0.15) is 0 Å². The van der Waals surface area contributed by atoms with Crippen molar-refractivity contribution in [1.29, 1.82) is 0 Å². The number of nitrogens with zero attached hydrogens (tertiary/aromatic N) is 1. The van der Waals surface area contributed by atoms with Crippen LogP contribution in [-0.4, -0.2) is 17.6 Å². The summed E-state index contributed by atoms with van der Waals surface area (Å²) in [6.45, 7) is 3.28. The van der Waals surface area contributed by atoms with Gasteiger partial charge in [-0.3, -0.25) is 4.98 Å². The first kappa shape index (κ1) is 12.6. The third-order valence-electron chi connectivity index (χ3n) is 4.32. The van der Waals surface area contributed by atoms with Gasteiger partial charge in [0, 0.05) is 23.8 Å². The Hall–Kier alpha value is -1.41. The number of hydrogen-bond acceptors (Lipinski definition) is 2. The molecule has 100 valence electrons. The average Bonchev–Trinajstić information content (AvgIpc) is 2.47. The van der Waals surface area contributed by atoms with E-state index in [0.29, 0.717) is 12.0 Å². The standard InChI is InChI=1S/C17H22N2/c1-2-19-15-7-3-5-13(11-15)16-8-4-6-14-12-18-10-9-17(14)16/h4,6,8-10,12-13,15,19H,2-3,5,7,11H2,1H3. The molecular formula is C17H22N2. The molecule has 1 heterocycles. The van der Waals surface area contributed by atoms with E-state index in [-0.39, 0.29) is 0 Å². The highest BCUT2D eigenvalue weighted by Gasteiger charge is 2.23. The molecule has 0 spiro atoms. The first-order valence-electron chi connectivity index (χ1n) is 7.44. The van der Waals surface area contributed by atoms with Crippen molar-refractivity contribution in [2.45, 2.75) is 44.6 Å². The minimum absolute atomic E-state index is 0.695. The number of hydrogen-bond donors (Lipinski definition) is 1. The van der Waals surface area contributed by atoms with Crippen molar-refractivity contribution < 1.29 is 0 Å². The van der Waals surface area contributed by atoms with Gasteiger partial charge in [0.2, 0.25) is 0 Å². The molecule has 1 aromatic carbocycles. The number of pyridine rings is 1. The Kier molecular flexibility index (Phi) is 3.79. The first-order chi connectivity index (χ1) is 9.38. The summed E-state index contributed by atoms with van der Waals surface area (Å²) < 4.78 is 0. The van der Waals surface area contributed by atoms with Crippen molar-refractivity contribution in [2.75, 3.05) is 6.54 Å². The second-order valence-corrected chi connectivity index (χ2v) is 5.56. The second kappa shape index (κ2) is 5.70. The maximum Gasteiger partial charge on any atom is 0.0346 e. The van der Waals surface area contributed by atoms with Gasteiger partial charge in [0.25, 0.3) is 0 Å². The topological polar surface area (TPSA) is 24.9 Å². The molecule has 0 radical (unpaired) electrons. The molecule has 19 heavy (non-hydrogen) atoms. The van der Waals surface area contributed by atoms with Crippen molar-refractivity contribution in [3.05, 3.63) is 42.2 Å². The SMILES string of the molecule is CCNC1CCCC(c2cccc3cnccc23)C1. The number of nitrogens with one attached hydrogen (secondary N) is 1. The fourth-order valence-electron chi connectivity index (χ4n) is 3.45. The Balaban J connectivity index is 1.91. The molecule has 1 aliphatic rings. The van der Waals surface area contributed by atoms with Crippen molar-refractivity contribution in [1.82, 2.24) is 10.3 Å². The zero-order valence-electron chi connectivity index (χ0n) is 11.6. The van der Waals surface area contributed by atoms with Crippen LogP contribution in [0.5, 0.6) is 0 Å². The van der Waals surface area contributed by atoms with Gasteiger partial charge < -0.3 is 5.32 Å². The van der Waals surface area contributed by atoms with Gasteiger partial charge in [-0.25, -0.2) is 0 Å². The van der Waals surface area contributed by atoms with E-state index in [1.807, 2.05) is 12.4 Å². The molecule has 2 aromatic rings. The summed E-state index contributed by atoms with van der Waals surface area (Å²) in [5.74, 6) is 0.698. The number of benzene rings is 1. The predicted octanol–water partition coefficient (Wildman–Crippen LogP) is 3.87. The largest absolute Gasteiger partial charge is 0.314 e. The van der Waals surface area contributed by atoms with Crippen molar-refractivity contribution in [3.63, 3.8) is 0 Å². The summed E-state index contributed by atoms with van der Waals surface area (Å²) in [5, 5.41) is 6.28. The van der Waals surface area contributed by atoms with Crippen LogP contribution in [0.4, 0.5) is 0 Å². The molecule has 1 saturated carbocycles. The Morgan fingerprint density at radius 2 is 2.21 bits per heavy atom. The van der Waals surface area contributed by atoms with Gasteiger partial charge in [-0.1, -0.05) is 31.5 Å². The normalized spacial score (nSPS) is 23.6. The fraction of sp³-hybridized carbons (Fsp3) is 0.471. The lowest BCUT2D eigenvalue weighted by molar-refractivity contribution is 0.345. The van der Waals surface area contributed by atoms with Crippen LogP contribution in [0.2, 0.25) is 0 Å². The predicted molar refractivity (Wildman–Crippen MR) is 80.4 cm³/mol. The van der Waals surface area contributed by atoms with Crippen LogP contribution in [-0.2, 0) is 0 Å². The molecule has 1 fully saturated rings. The number of aromatic nitrogens is 1. The van der Waals surface area contributed by atoms with Crippen LogP contribution in [0.3, 0.4) is 0 Å². The molecule has 0 aliphatic heterocycles. The summed E-state index contributed by atoms with van der Waals surface area (Å²) in [6.07, 6.45) is 9.15. The average molecular weight is 254 g/mol. The van der Waals surface area contributed by atoms with Gasteiger partial charge in [-0.05, 0) is 48.7 Å². The smallest absolute Gasteiger partial charge is 0.0346 e. The van der Waals surface area contributed by atoms with E-state index in [9.17, 15) is 0 Å². The van der Waals surface area contributed by atoms with Gasteiger partial charge in [0.15, 0.2) is 0 Å². The minimum Gasteiger partial charge on any atom is -0.314 e. The van der Waals surface area contributed by atoms with Gasteiger partial charge in [-0.15, -0.1) is 0 Å². The molecule has 0 bridgehead atoms. The summed E-state index contributed by atoms with van der Waals surface area (Å²) in [7, 11) is 0. The lowest BCUT2D eigenvalue weighted by Crippen LogP contribution is -2.33. The lowest BCUT2D eigenvalue weighted by Gasteiger charge is -2.30. The van der Waals surface area contributed by atoms with E-state index in [0.717, 1.165) is 6.54 Å². The van der Waals surface area contributed by atoms with Gasteiger partial charge in [0.1, 0.15) is 0 Å². The van der Waals surface area contributed by atoms with E-state index >= 15 is 0 Å². The molecule has 0 saturated heterocycles. The van der Waals surface area contributed by atoms with E-state index in [4.69, 9.17) is 0 Å². The summed E-state index contributed by atoms with van der Waals surface area (Å²) in [4.78, 5) is 4.23. The van der Waals surface area contributed by atoms with Crippen molar-refractivity contribution in [3.8, 4) is 0 Å². The quantitative estimate of drug-likeness (QED) is 0.899. The maximum absolute atomic E-state index is 4.23. The van der Waals surface area contributed by atoms with E-state index in [1.165, 1.54) is 42.0 Å². The molecule has 1 aromatic heterocycles. The summed E-state index contributed by atoms with van der Waals surface area (Å²) in [6, 6.07) is 9.51. The molecule has 3 rings (SSSR count). The molecule has 0 amide bonds. The minimum atomic E-state index is 0.695. The third kappa shape index (κ3) is 2.64. The molecule has 2 heteroatoms. The van der Waals surface area contributed by atoms with E-state index < -0.39 is 0 Å². The van der Waals surface area contributed by atoms with Crippen LogP contribution in [0.15, 0.2) is 36.7 Å². The molecule has 1 aliphatic carbocycles. The van der Waals surface area contributed by atoms with E-state index in [1.54, 1.807) is 0 Å². The molecular weight excluding hydrogens is 232 g/mol. The van der Waals surface area contributed by atoms with Crippen LogP contribution < -0.4 is 5.32 Å². The van der Waals surface area contributed by atoms with Crippen LogP contribution in [0, 0.1) is 0 Å². The van der Waals surface area contributed by atoms with Crippen LogP contribution >= 0.6 is 0 Å². The number of rotatable bonds is 3. The van der Waals surface area contributed by atoms with Gasteiger partial charge >= 0.3 is 0 Å². The molecule has 2 unspecified atom stereocenters. The maximum atomic E-state index is 4.23. The zero-order chi connectivity index (χ0) is 13.1. The highest BCUT2D eigenvalue weighted by atomic mass is 14.9. The van der Waals surface area contributed by atoms with Crippen molar-refractivity contribution in [2.24, 2.45) is 0 Å². The fourth-order valence-corrected chi connectivity index (χ4v) is 3.45. The Morgan fingerprint density at radius 3 is 3.11 bits per heavy atom. The Bertz CT molecular complexity index is 542. The number of fused-ring (bicyclic) bond motifs is 1. The zero-order valence-corrected chi connectivity index (χ0v) is 11.6. The lowest BCUT2D eigenvalue weighted by atomic mass is 9.80. The Labute approximate surface area is 115 Å². The van der Waals surface area contributed by atoms with Crippen LogP contribution in [0.25, 0.3) is 10.8 Å². The Morgan fingerprint density at radius 1 is 1.26 bits per heavy atom. The second-order valence-electron chi connectivity index (χ2n) is 5.56. The monoisotopic (exact) mass is 254 g/mol. The first-order valence-corrected chi connectivity index (χ1v) is 7.44. The van der Waals surface area contributed by atoms with Crippen LogP contribution in [0.1, 0.15) is 44.1 Å². The highest BCUT2D eigenvalue weighted by molar-refractivity contribution is 5.85. The van der Waals surface area contributed by atoms with Crippen molar-refractivity contribution >= 4 is 10.8 Å². The summed E-state index contributed by atoms with van der Waals surface area (Å²) in [5.41, 5.74) is 1.52. The highest BCUT2D eigenvalue weighted by Crippen LogP contribution is 2.36. The van der Waals surface area contributed by atoms with Gasteiger partial charge in [0.05, 0.1) is 0 Å². The molecule has 2 nitrogen and oxygen atoms in total.